The molecule has 1 aliphatic heterocycles. The summed E-state index contributed by atoms with van der Waals surface area (Å²) in [5, 5.41) is 0.164. The maximum atomic E-state index is 11.6. The number of carbonyl (C=O) groups excluding carboxylic acids is 1. The van der Waals surface area contributed by atoms with Crippen LogP contribution in [0.3, 0.4) is 0 Å². The maximum Gasteiger partial charge on any atom is 0.228 e. The topological polar surface area (TPSA) is 20.3 Å². The van der Waals surface area contributed by atoms with Gasteiger partial charge in [0.05, 0.1) is 0 Å². The fraction of sp³-hybridized carbons (Fsp3) is 0.364. The van der Waals surface area contributed by atoms with E-state index < -0.39 is 0 Å². The van der Waals surface area contributed by atoms with Crippen LogP contribution in [-0.4, -0.2) is 17.7 Å². The second kappa shape index (κ2) is 4.18. The van der Waals surface area contributed by atoms with Crippen LogP contribution in [0.1, 0.15) is 12.0 Å². The second-order valence-electron chi connectivity index (χ2n) is 3.80. The summed E-state index contributed by atoms with van der Waals surface area (Å²) in [5.74, 6) is 0.158. The van der Waals surface area contributed by atoms with Crippen LogP contribution in [0.15, 0.2) is 22.7 Å². The van der Waals surface area contributed by atoms with Crippen molar-refractivity contribution in [3.63, 3.8) is 0 Å². The molecule has 1 aromatic carbocycles. The number of halogens is 1. The first-order valence-electron chi connectivity index (χ1n) is 4.82. The van der Waals surface area contributed by atoms with Gasteiger partial charge in [-0.05, 0) is 24.6 Å². The number of nitrogens with zero attached hydrogens (tertiary/aromatic N) is 1. The van der Waals surface area contributed by atoms with E-state index in [0.29, 0.717) is 13.0 Å². The molecule has 1 atom stereocenters. The van der Waals surface area contributed by atoms with Gasteiger partial charge in [0.1, 0.15) is 0 Å². The third-order valence-corrected chi connectivity index (χ3v) is 3.77. The van der Waals surface area contributed by atoms with Gasteiger partial charge in [-0.3, -0.25) is 4.79 Å². The molecular formula is C11H12BrNOS. The van der Waals surface area contributed by atoms with Crippen LogP contribution in [0.4, 0.5) is 5.69 Å². The number of hydrogen-bond donors (Lipinski definition) is 1. The van der Waals surface area contributed by atoms with Crippen molar-refractivity contribution in [3.8, 4) is 0 Å². The van der Waals surface area contributed by atoms with Crippen LogP contribution in [-0.2, 0) is 4.79 Å². The van der Waals surface area contributed by atoms with E-state index in [4.69, 9.17) is 0 Å². The van der Waals surface area contributed by atoms with Crippen LogP contribution >= 0.6 is 28.6 Å². The van der Waals surface area contributed by atoms with Crippen LogP contribution in [0.5, 0.6) is 0 Å². The van der Waals surface area contributed by atoms with E-state index in [-0.39, 0.29) is 11.2 Å². The van der Waals surface area contributed by atoms with Crippen molar-refractivity contribution in [2.45, 2.75) is 18.6 Å². The zero-order valence-electron chi connectivity index (χ0n) is 8.40. The summed E-state index contributed by atoms with van der Waals surface area (Å²) in [6, 6.07) is 5.97. The lowest BCUT2D eigenvalue weighted by Crippen LogP contribution is -2.24. The number of amides is 1. The lowest BCUT2D eigenvalue weighted by molar-refractivity contribution is -0.117. The average molecular weight is 286 g/mol. The van der Waals surface area contributed by atoms with Crippen molar-refractivity contribution in [3.05, 3.63) is 28.2 Å². The Morgan fingerprint density at radius 3 is 2.80 bits per heavy atom. The van der Waals surface area contributed by atoms with Crippen LogP contribution in [0, 0.1) is 6.92 Å². The molecule has 0 radical (unpaired) electrons. The Morgan fingerprint density at radius 2 is 2.27 bits per heavy atom. The van der Waals surface area contributed by atoms with Gasteiger partial charge in [0.2, 0.25) is 5.91 Å². The van der Waals surface area contributed by atoms with Gasteiger partial charge in [-0.25, -0.2) is 0 Å². The molecule has 0 aromatic heterocycles. The van der Waals surface area contributed by atoms with Crippen molar-refractivity contribution < 1.29 is 4.79 Å². The summed E-state index contributed by atoms with van der Waals surface area (Å²) in [7, 11) is 0. The SMILES string of the molecule is Cc1ccc(N2CC(S)CC2=O)cc1Br. The van der Waals surface area contributed by atoms with Gasteiger partial charge in [0, 0.05) is 28.4 Å². The molecule has 0 N–H and O–H groups in total. The predicted octanol–water partition coefficient (Wildman–Crippen LogP) is 2.79. The highest BCUT2D eigenvalue weighted by atomic mass is 79.9. The van der Waals surface area contributed by atoms with Crippen molar-refractivity contribution in [1.82, 2.24) is 0 Å². The minimum absolute atomic E-state index is 0.158. The minimum Gasteiger partial charge on any atom is -0.311 e. The Balaban J connectivity index is 2.30. The third kappa shape index (κ3) is 2.21. The standard InChI is InChI=1S/C11H12BrNOS/c1-7-2-3-8(4-10(7)12)13-6-9(15)5-11(13)14/h2-4,9,15H,5-6H2,1H3. The Bertz CT molecular complexity index is 408. The van der Waals surface area contributed by atoms with Gasteiger partial charge in [-0.15, -0.1) is 0 Å². The van der Waals surface area contributed by atoms with E-state index in [2.05, 4.69) is 28.6 Å². The fourth-order valence-electron chi connectivity index (χ4n) is 1.69. The van der Waals surface area contributed by atoms with Crippen LogP contribution in [0.25, 0.3) is 0 Å². The number of rotatable bonds is 1. The molecule has 0 aliphatic carbocycles. The lowest BCUT2D eigenvalue weighted by Gasteiger charge is -2.16. The smallest absolute Gasteiger partial charge is 0.228 e. The van der Waals surface area contributed by atoms with Crippen LogP contribution < -0.4 is 4.90 Å². The Hall–Kier alpha value is -0.480. The highest BCUT2D eigenvalue weighted by molar-refractivity contribution is 9.10. The molecule has 2 nitrogen and oxygen atoms in total. The summed E-state index contributed by atoms with van der Waals surface area (Å²) in [6.07, 6.45) is 0.536. The van der Waals surface area contributed by atoms with Crippen molar-refractivity contribution in [2.75, 3.05) is 11.4 Å². The number of benzene rings is 1. The van der Waals surface area contributed by atoms with E-state index in [1.165, 1.54) is 5.56 Å². The molecule has 2 rings (SSSR count). The van der Waals surface area contributed by atoms with E-state index in [9.17, 15) is 4.79 Å². The lowest BCUT2D eigenvalue weighted by atomic mass is 10.2. The molecule has 1 unspecified atom stereocenters. The molecule has 1 fully saturated rings. The Morgan fingerprint density at radius 1 is 1.53 bits per heavy atom. The molecule has 1 amide bonds. The molecule has 1 heterocycles. The molecule has 1 aliphatic rings. The Kier molecular flexibility index (Phi) is 3.07. The van der Waals surface area contributed by atoms with Crippen molar-refractivity contribution >= 4 is 40.2 Å². The first kappa shape index (κ1) is 11.0. The summed E-state index contributed by atoms with van der Waals surface area (Å²) in [6.45, 7) is 2.73. The monoisotopic (exact) mass is 285 g/mol. The highest BCUT2D eigenvalue weighted by Gasteiger charge is 2.28. The molecule has 0 spiro atoms. The summed E-state index contributed by atoms with van der Waals surface area (Å²) in [4.78, 5) is 13.4. The van der Waals surface area contributed by atoms with Crippen molar-refractivity contribution in [1.29, 1.82) is 0 Å². The molecule has 0 bridgehead atoms. The molecule has 4 heteroatoms. The van der Waals surface area contributed by atoms with Crippen LogP contribution in [0.2, 0.25) is 0 Å². The largest absolute Gasteiger partial charge is 0.311 e. The molecule has 80 valence electrons. The summed E-state index contributed by atoms with van der Waals surface area (Å²) < 4.78 is 1.04. The van der Waals surface area contributed by atoms with Gasteiger partial charge >= 0.3 is 0 Å². The summed E-state index contributed by atoms with van der Waals surface area (Å²) >= 11 is 7.80. The van der Waals surface area contributed by atoms with Gasteiger partial charge in [-0.1, -0.05) is 22.0 Å². The third-order valence-electron chi connectivity index (χ3n) is 2.57. The zero-order chi connectivity index (χ0) is 11.0. The molecule has 0 saturated carbocycles. The highest BCUT2D eigenvalue weighted by Crippen LogP contribution is 2.28. The second-order valence-corrected chi connectivity index (χ2v) is 5.38. The number of hydrogen-bond acceptors (Lipinski definition) is 2. The van der Waals surface area contributed by atoms with Gasteiger partial charge in [-0.2, -0.15) is 12.6 Å². The fourth-order valence-corrected chi connectivity index (χ4v) is 2.37. The van der Waals surface area contributed by atoms with E-state index >= 15 is 0 Å². The number of anilines is 1. The quantitative estimate of drug-likeness (QED) is 0.787. The Labute approximate surface area is 103 Å². The number of thiol groups is 1. The van der Waals surface area contributed by atoms with Gasteiger partial charge < -0.3 is 4.90 Å². The first-order valence-corrected chi connectivity index (χ1v) is 6.13. The van der Waals surface area contributed by atoms with Gasteiger partial charge in [0.25, 0.3) is 0 Å². The van der Waals surface area contributed by atoms with Gasteiger partial charge in [0.15, 0.2) is 0 Å². The van der Waals surface area contributed by atoms with E-state index in [1.54, 1.807) is 4.90 Å². The first-order chi connectivity index (χ1) is 7.08. The van der Waals surface area contributed by atoms with Crippen molar-refractivity contribution in [2.24, 2.45) is 0 Å². The molecule has 15 heavy (non-hydrogen) atoms. The zero-order valence-corrected chi connectivity index (χ0v) is 10.9. The average Bonchev–Trinajstić information content (AvgIpc) is 2.50. The minimum atomic E-state index is 0.158. The molecule has 1 saturated heterocycles. The summed E-state index contributed by atoms with van der Waals surface area (Å²) in [5.41, 5.74) is 2.13. The number of carbonyl (C=O) groups is 1. The molecule has 1 aromatic rings. The van der Waals surface area contributed by atoms with E-state index in [0.717, 1.165) is 10.2 Å². The van der Waals surface area contributed by atoms with E-state index in [1.807, 2.05) is 25.1 Å². The molecular weight excluding hydrogens is 274 g/mol. The number of aryl methyl sites for hydroxylation is 1. The normalized spacial score (nSPS) is 21.1. The predicted molar refractivity (Wildman–Crippen MR) is 68.6 cm³/mol. The maximum absolute atomic E-state index is 11.6.